The molecule has 1 atom stereocenters. The number of aliphatic hydroxyl groups is 1. The number of nitrogens with two attached hydrogens (primary N) is 1. The Hall–Kier alpha value is -1.39. The van der Waals surface area contributed by atoms with E-state index < -0.39 is 0 Å². The molecule has 1 rings (SSSR count). The van der Waals surface area contributed by atoms with E-state index in [2.05, 4.69) is 6.92 Å². The third-order valence-electron chi connectivity index (χ3n) is 3.20. The zero-order valence-corrected chi connectivity index (χ0v) is 11.6. The standard InChI is InChI=1S/C15H24N2O2/c1-2-3-9-17(10-11-18)15(19)14(12-16)13-7-5-4-6-8-13/h4-8,14,18H,2-3,9-12,16H2,1H3. The Kier molecular flexibility index (Phi) is 7.15. The van der Waals surface area contributed by atoms with Crippen molar-refractivity contribution in [3.63, 3.8) is 0 Å². The van der Waals surface area contributed by atoms with Crippen molar-refractivity contribution in [2.45, 2.75) is 25.7 Å². The molecule has 19 heavy (non-hydrogen) atoms. The minimum Gasteiger partial charge on any atom is -0.395 e. The summed E-state index contributed by atoms with van der Waals surface area (Å²) in [6.07, 6.45) is 1.96. The molecule has 0 saturated carbocycles. The fourth-order valence-electron chi connectivity index (χ4n) is 2.09. The van der Waals surface area contributed by atoms with Crippen LogP contribution in [0.2, 0.25) is 0 Å². The van der Waals surface area contributed by atoms with Crippen LogP contribution in [0.5, 0.6) is 0 Å². The number of hydrogen-bond donors (Lipinski definition) is 2. The largest absolute Gasteiger partial charge is 0.395 e. The first kappa shape index (κ1) is 15.7. The Morgan fingerprint density at radius 2 is 2.00 bits per heavy atom. The average molecular weight is 264 g/mol. The summed E-state index contributed by atoms with van der Waals surface area (Å²) in [7, 11) is 0. The van der Waals surface area contributed by atoms with Gasteiger partial charge in [0.25, 0.3) is 0 Å². The molecule has 0 saturated heterocycles. The molecule has 1 amide bonds. The lowest BCUT2D eigenvalue weighted by Gasteiger charge is -2.26. The Labute approximate surface area is 115 Å². The molecule has 4 heteroatoms. The van der Waals surface area contributed by atoms with Crippen LogP contribution in [0.4, 0.5) is 0 Å². The molecule has 0 bridgehead atoms. The third kappa shape index (κ3) is 4.65. The van der Waals surface area contributed by atoms with Crippen LogP contribution in [0.3, 0.4) is 0 Å². The Balaban J connectivity index is 2.80. The highest BCUT2D eigenvalue weighted by atomic mass is 16.3. The van der Waals surface area contributed by atoms with Gasteiger partial charge in [0.2, 0.25) is 5.91 Å². The molecular formula is C15H24N2O2. The van der Waals surface area contributed by atoms with Crippen molar-refractivity contribution >= 4 is 5.91 Å². The molecule has 1 unspecified atom stereocenters. The molecule has 4 nitrogen and oxygen atoms in total. The number of benzene rings is 1. The second kappa shape index (κ2) is 8.67. The maximum absolute atomic E-state index is 12.5. The van der Waals surface area contributed by atoms with Crippen LogP contribution < -0.4 is 5.73 Å². The minimum absolute atomic E-state index is 0.0104. The van der Waals surface area contributed by atoms with Gasteiger partial charge in [-0.15, -0.1) is 0 Å². The molecular weight excluding hydrogens is 240 g/mol. The predicted molar refractivity (Wildman–Crippen MR) is 76.8 cm³/mol. The van der Waals surface area contributed by atoms with Gasteiger partial charge in [-0.2, -0.15) is 0 Å². The normalized spacial score (nSPS) is 12.2. The van der Waals surface area contributed by atoms with Gasteiger partial charge in [-0.1, -0.05) is 43.7 Å². The number of rotatable bonds is 8. The van der Waals surface area contributed by atoms with Crippen molar-refractivity contribution in [1.29, 1.82) is 0 Å². The van der Waals surface area contributed by atoms with Gasteiger partial charge < -0.3 is 15.7 Å². The number of amides is 1. The molecule has 0 aliphatic carbocycles. The van der Waals surface area contributed by atoms with Crippen LogP contribution in [-0.4, -0.2) is 42.2 Å². The van der Waals surface area contributed by atoms with Crippen LogP contribution in [-0.2, 0) is 4.79 Å². The number of carbonyl (C=O) groups excluding carboxylic acids is 1. The van der Waals surface area contributed by atoms with Gasteiger partial charge in [0.1, 0.15) is 0 Å². The molecule has 0 aliphatic rings. The van der Waals surface area contributed by atoms with Crippen LogP contribution in [0.15, 0.2) is 30.3 Å². The summed E-state index contributed by atoms with van der Waals surface area (Å²) in [5.41, 5.74) is 6.70. The van der Waals surface area contributed by atoms with E-state index in [1.54, 1.807) is 4.90 Å². The Morgan fingerprint density at radius 1 is 1.32 bits per heavy atom. The van der Waals surface area contributed by atoms with Crippen molar-refractivity contribution in [3.8, 4) is 0 Å². The van der Waals surface area contributed by atoms with Gasteiger partial charge in [0.05, 0.1) is 12.5 Å². The van der Waals surface area contributed by atoms with Gasteiger partial charge in [-0.05, 0) is 12.0 Å². The zero-order chi connectivity index (χ0) is 14.1. The Bertz CT molecular complexity index is 368. The van der Waals surface area contributed by atoms with E-state index in [9.17, 15) is 4.79 Å². The molecule has 0 aromatic heterocycles. The molecule has 0 heterocycles. The summed E-state index contributed by atoms with van der Waals surface area (Å²) in [5.74, 6) is -0.305. The number of carbonyl (C=O) groups is 1. The van der Waals surface area contributed by atoms with Crippen LogP contribution in [0.1, 0.15) is 31.2 Å². The summed E-state index contributed by atoms with van der Waals surface area (Å²) in [5, 5.41) is 9.08. The molecule has 1 aromatic rings. The molecule has 0 radical (unpaired) electrons. The Morgan fingerprint density at radius 3 is 2.53 bits per heavy atom. The molecule has 3 N–H and O–H groups in total. The van der Waals surface area contributed by atoms with Crippen molar-refractivity contribution in [2.75, 3.05) is 26.2 Å². The van der Waals surface area contributed by atoms with Crippen molar-refractivity contribution < 1.29 is 9.90 Å². The lowest BCUT2D eigenvalue weighted by atomic mass is 9.97. The fourth-order valence-corrected chi connectivity index (χ4v) is 2.09. The summed E-state index contributed by atoms with van der Waals surface area (Å²) in [6, 6.07) is 9.59. The second-order valence-corrected chi connectivity index (χ2v) is 4.60. The number of aliphatic hydroxyl groups excluding tert-OH is 1. The fraction of sp³-hybridized carbons (Fsp3) is 0.533. The first-order valence-electron chi connectivity index (χ1n) is 6.89. The smallest absolute Gasteiger partial charge is 0.231 e. The first-order chi connectivity index (χ1) is 9.24. The predicted octanol–water partition coefficient (Wildman–Crippen LogP) is 1.35. The van der Waals surface area contributed by atoms with E-state index >= 15 is 0 Å². The van der Waals surface area contributed by atoms with E-state index in [0.29, 0.717) is 13.1 Å². The molecule has 106 valence electrons. The van der Waals surface area contributed by atoms with Crippen LogP contribution in [0.25, 0.3) is 0 Å². The highest BCUT2D eigenvalue weighted by molar-refractivity contribution is 5.84. The number of unbranched alkanes of at least 4 members (excludes halogenated alkanes) is 1. The molecule has 0 spiro atoms. The van der Waals surface area contributed by atoms with E-state index in [-0.39, 0.29) is 25.0 Å². The van der Waals surface area contributed by atoms with Gasteiger partial charge in [-0.25, -0.2) is 0 Å². The van der Waals surface area contributed by atoms with E-state index in [1.807, 2.05) is 30.3 Å². The molecule has 1 aromatic carbocycles. The van der Waals surface area contributed by atoms with Gasteiger partial charge >= 0.3 is 0 Å². The molecule has 0 aliphatic heterocycles. The number of nitrogens with zero attached hydrogens (tertiary/aromatic N) is 1. The number of hydrogen-bond acceptors (Lipinski definition) is 3. The van der Waals surface area contributed by atoms with Crippen molar-refractivity contribution in [3.05, 3.63) is 35.9 Å². The van der Waals surface area contributed by atoms with Crippen molar-refractivity contribution in [1.82, 2.24) is 4.90 Å². The monoisotopic (exact) mass is 264 g/mol. The lowest BCUT2D eigenvalue weighted by Crippen LogP contribution is -2.40. The van der Waals surface area contributed by atoms with E-state index in [4.69, 9.17) is 10.8 Å². The quantitative estimate of drug-likeness (QED) is 0.745. The summed E-state index contributed by atoms with van der Waals surface area (Å²) >= 11 is 0. The van der Waals surface area contributed by atoms with E-state index in [0.717, 1.165) is 18.4 Å². The van der Waals surface area contributed by atoms with Gasteiger partial charge in [0, 0.05) is 19.6 Å². The van der Waals surface area contributed by atoms with Crippen LogP contribution in [0, 0.1) is 0 Å². The second-order valence-electron chi connectivity index (χ2n) is 4.60. The summed E-state index contributed by atoms with van der Waals surface area (Å²) in [6.45, 7) is 3.42. The highest BCUT2D eigenvalue weighted by Gasteiger charge is 2.23. The van der Waals surface area contributed by atoms with E-state index in [1.165, 1.54) is 0 Å². The average Bonchev–Trinajstić information content (AvgIpc) is 2.45. The van der Waals surface area contributed by atoms with Gasteiger partial charge in [-0.3, -0.25) is 4.79 Å². The van der Waals surface area contributed by atoms with Crippen LogP contribution >= 0.6 is 0 Å². The topological polar surface area (TPSA) is 66.6 Å². The maximum Gasteiger partial charge on any atom is 0.231 e. The lowest BCUT2D eigenvalue weighted by molar-refractivity contribution is -0.133. The minimum atomic E-state index is -0.315. The first-order valence-corrected chi connectivity index (χ1v) is 6.89. The zero-order valence-electron chi connectivity index (χ0n) is 11.6. The molecule has 0 fully saturated rings. The van der Waals surface area contributed by atoms with Crippen molar-refractivity contribution in [2.24, 2.45) is 5.73 Å². The van der Waals surface area contributed by atoms with Gasteiger partial charge in [0.15, 0.2) is 0 Å². The highest BCUT2D eigenvalue weighted by Crippen LogP contribution is 2.17. The SMILES string of the molecule is CCCCN(CCO)C(=O)C(CN)c1ccccc1. The third-order valence-corrected chi connectivity index (χ3v) is 3.20. The summed E-state index contributed by atoms with van der Waals surface area (Å²) < 4.78 is 0. The summed E-state index contributed by atoms with van der Waals surface area (Å²) in [4.78, 5) is 14.2. The maximum atomic E-state index is 12.5.